The van der Waals surface area contributed by atoms with Crippen molar-refractivity contribution in [2.75, 3.05) is 5.32 Å². The molecule has 0 radical (unpaired) electrons. The molecule has 6 heteroatoms. The van der Waals surface area contributed by atoms with Gasteiger partial charge in [0.05, 0.1) is 0 Å². The zero-order valence-corrected chi connectivity index (χ0v) is 9.58. The summed E-state index contributed by atoms with van der Waals surface area (Å²) in [6, 6.07) is 6.51. The van der Waals surface area contributed by atoms with Crippen LogP contribution in [0.15, 0.2) is 35.8 Å². The monoisotopic (exact) mass is 256 g/mol. The normalized spacial score (nSPS) is 10.5. The second-order valence-corrected chi connectivity index (χ2v) is 4.11. The molecule has 0 saturated heterocycles. The number of alkyl halides is 2. The number of ether oxygens (including phenoxy) is 1. The van der Waals surface area contributed by atoms with Crippen molar-refractivity contribution in [1.29, 1.82) is 0 Å². The first-order chi connectivity index (χ1) is 8.24. The minimum absolute atomic E-state index is 0.165. The molecule has 0 aliphatic rings. The van der Waals surface area contributed by atoms with E-state index in [2.05, 4.69) is 15.0 Å². The Morgan fingerprint density at radius 1 is 1.29 bits per heavy atom. The number of nitrogens with zero attached hydrogens (tertiary/aromatic N) is 1. The summed E-state index contributed by atoms with van der Waals surface area (Å²) in [4.78, 5) is 4.07. The van der Waals surface area contributed by atoms with Crippen molar-refractivity contribution >= 4 is 16.5 Å². The molecular formula is C11H10F2N2OS. The van der Waals surface area contributed by atoms with Gasteiger partial charge in [0.25, 0.3) is 0 Å². The molecule has 0 amide bonds. The summed E-state index contributed by atoms with van der Waals surface area (Å²) in [6.45, 7) is -2.18. The van der Waals surface area contributed by atoms with Gasteiger partial charge in [-0.25, -0.2) is 4.98 Å². The number of benzene rings is 1. The lowest BCUT2D eigenvalue weighted by atomic mass is 10.2. The van der Waals surface area contributed by atoms with Crippen LogP contribution in [0.1, 0.15) is 5.56 Å². The van der Waals surface area contributed by atoms with E-state index in [0.29, 0.717) is 6.54 Å². The van der Waals surface area contributed by atoms with Crippen molar-refractivity contribution in [3.63, 3.8) is 0 Å². The van der Waals surface area contributed by atoms with Crippen molar-refractivity contribution in [3.05, 3.63) is 41.4 Å². The molecular weight excluding hydrogens is 246 g/mol. The fourth-order valence-corrected chi connectivity index (χ4v) is 1.80. The Kier molecular flexibility index (Phi) is 3.87. The zero-order valence-electron chi connectivity index (χ0n) is 8.77. The Bertz CT molecular complexity index is 445. The van der Waals surface area contributed by atoms with E-state index in [-0.39, 0.29) is 5.75 Å². The number of hydrogen-bond acceptors (Lipinski definition) is 4. The van der Waals surface area contributed by atoms with Gasteiger partial charge in [-0.05, 0) is 17.7 Å². The van der Waals surface area contributed by atoms with E-state index in [1.165, 1.54) is 23.5 Å². The van der Waals surface area contributed by atoms with Gasteiger partial charge in [0.2, 0.25) is 0 Å². The lowest BCUT2D eigenvalue weighted by molar-refractivity contribution is -0.0498. The Morgan fingerprint density at radius 3 is 2.65 bits per heavy atom. The lowest BCUT2D eigenvalue weighted by Gasteiger charge is -2.06. The number of anilines is 1. The van der Waals surface area contributed by atoms with E-state index in [9.17, 15) is 8.78 Å². The number of thiazole rings is 1. The van der Waals surface area contributed by atoms with Gasteiger partial charge in [0, 0.05) is 18.1 Å². The molecule has 0 saturated carbocycles. The van der Waals surface area contributed by atoms with Crippen LogP contribution in [0, 0.1) is 0 Å². The smallest absolute Gasteiger partial charge is 0.387 e. The molecule has 2 rings (SSSR count). The van der Waals surface area contributed by atoms with Crippen LogP contribution in [0.25, 0.3) is 0 Å². The highest BCUT2D eigenvalue weighted by atomic mass is 32.1. The van der Waals surface area contributed by atoms with E-state index < -0.39 is 6.61 Å². The first kappa shape index (κ1) is 11.8. The van der Waals surface area contributed by atoms with Crippen molar-refractivity contribution < 1.29 is 13.5 Å². The summed E-state index contributed by atoms with van der Waals surface area (Å²) in [5, 5.41) is 5.83. The molecule has 1 N–H and O–H groups in total. The SMILES string of the molecule is FC(F)Oc1ccc(CNc2nccs2)cc1. The van der Waals surface area contributed by atoms with Crippen LogP contribution in [-0.2, 0) is 6.54 Å². The van der Waals surface area contributed by atoms with Crippen molar-refractivity contribution in [3.8, 4) is 5.75 Å². The molecule has 0 unspecified atom stereocenters. The van der Waals surface area contributed by atoms with Gasteiger partial charge >= 0.3 is 6.61 Å². The third kappa shape index (κ3) is 3.67. The third-order valence-electron chi connectivity index (χ3n) is 2.02. The summed E-state index contributed by atoms with van der Waals surface area (Å²) < 4.78 is 28.1. The third-order valence-corrected chi connectivity index (χ3v) is 2.76. The molecule has 0 atom stereocenters. The number of halogens is 2. The van der Waals surface area contributed by atoms with Gasteiger partial charge in [-0.3, -0.25) is 0 Å². The zero-order chi connectivity index (χ0) is 12.1. The van der Waals surface area contributed by atoms with Crippen LogP contribution in [0.4, 0.5) is 13.9 Å². The standard InChI is InChI=1S/C11H10F2N2OS/c12-10(13)16-9-3-1-8(2-4-9)7-15-11-14-5-6-17-11/h1-6,10H,7H2,(H,14,15). The summed E-state index contributed by atoms with van der Waals surface area (Å²) in [5.41, 5.74) is 0.974. The van der Waals surface area contributed by atoms with Gasteiger partial charge in [-0.1, -0.05) is 12.1 Å². The van der Waals surface area contributed by atoms with E-state index in [4.69, 9.17) is 0 Å². The molecule has 1 aromatic carbocycles. The highest BCUT2D eigenvalue weighted by Gasteiger charge is 2.03. The van der Waals surface area contributed by atoms with E-state index >= 15 is 0 Å². The molecule has 2 aromatic rings. The highest BCUT2D eigenvalue weighted by Crippen LogP contribution is 2.16. The van der Waals surface area contributed by atoms with Crippen LogP contribution >= 0.6 is 11.3 Å². The fraction of sp³-hybridized carbons (Fsp3) is 0.182. The van der Waals surface area contributed by atoms with Crippen LogP contribution < -0.4 is 10.1 Å². The second kappa shape index (κ2) is 5.58. The average molecular weight is 256 g/mol. The largest absolute Gasteiger partial charge is 0.435 e. The van der Waals surface area contributed by atoms with Crippen LogP contribution in [0.5, 0.6) is 5.75 Å². The molecule has 3 nitrogen and oxygen atoms in total. The summed E-state index contributed by atoms with van der Waals surface area (Å²) in [7, 11) is 0. The van der Waals surface area contributed by atoms with Gasteiger partial charge in [-0.2, -0.15) is 8.78 Å². The van der Waals surface area contributed by atoms with Crippen LogP contribution in [0.3, 0.4) is 0 Å². The number of nitrogens with one attached hydrogen (secondary N) is 1. The first-order valence-electron chi connectivity index (χ1n) is 4.91. The summed E-state index contributed by atoms with van der Waals surface area (Å²) >= 11 is 1.51. The van der Waals surface area contributed by atoms with Crippen molar-refractivity contribution in [1.82, 2.24) is 4.98 Å². The van der Waals surface area contributed by atoms with E-state index in [0.717, 1.165) is 10.7 Å². The average Bonchev–Trinajstić information content (AvgIpc) is 2.80. The molecule has 17 heavy (non-hydrogen) atoms. The highest BCUT2D eigenvalue weighted by molar-refractivity contribution is 7.13. The molecule has 1 aromatic heterocycles. The molecule has 0 aliphatic heterocycles. The number of hydrogen-bond donors (Lipinski definition) is 1. The maximum Gasteiger partial charge on any atom is 0.387 e. The Hall–Kier alpha value is -1.69. The molecule has 1 heterocycles. The van der Waals surface area contributed by atoms with Gasteiger partial charge in [0.1, 0.15) is 5.75 Å². The predicted molar refractivity (Wildman–Crippen MR) is 62.5 cm³/mol. The lowest BCUT2D eigenvalue weighted by Crippen LogP contribution is -2.02. The Morgan fingerprint density at radius 2 is 2.06 bits per heavy atom. The summed E-state index contributed by atoms with van der Waals surface area (Å²) in [6.07, 6.45) is 1.71. The topological polar surface area (TPSA) is 34.1 Å². The Labute approximate surface area is 101 Å². The van der Waals surface area contributed by atoms with E-state index in [1.807, 2.05) is 5.38 Å². The van der Waals surface area contributed by atoms with E-state index in [1.54, 1.807) is 18.3 Å². The molecule has 0 bridgehead atoms. The maximum absolute atomic E-state index is 11.9. The van der Waals surface area contributed by atoms with Gasteiger partial charge in [0.15, 0.2) is 5.13 Å². The second-order valence-electron chi connectivity index (χ2n) is 3.21. The van der Waals surface area contributed by atoms with Crippen LogP contribution in [-0.4, -0.2) is 11.6 Å². The number of aromatic nitrogens is 1. The van der Waals surface area contributed by atoms with Gasteiger partial charge < -0.3 is 10.1 Å². The van der Waals surface area contributed by atoms with Crippen molar-refractivity contribution in [2.24, 2.45) is 0 Å². The Balaban J connectivity index is 1.89. The minimum atomic E-state index is -2.78. The predicted octanol–water partition coefficient (Wildman–Crippen LogP) is 3.36. The first-order valence-corrected chi connectivity index (χ1v) is 5.79. The molecule has 0 aliphatic carbocycles. The molecule has 0 fully saturated rings. The van der Waals surface area contributed by atoms with Crippen LogP contribution in [0.2, 0.25) is 0 Å². The fourth-order valence-electron chi connectivity index (χ4n) is 1.28. The molecule has 90 valence electrons. The quantitative estimate of drug-likeness (QED) is 0.890. The minimum Gasteiger partial charge on any atom is -0.435 e. The molecule has 0 spiro atoms. The number of rotatable bonds is 5. The van der Waals surface area contributed by atoms with Crippen molar-refractivity contribution in [2.45, 2.75) is 13.2 Å². The van der Waals surface area contributed by atoms with Gasteiger partial charge in [-0.15, -0.1) is 11.3 Å². The maximum atomic E-state index is 11.9. The summed E-state index contributed by atoms with van der Waals surface area (Å²) in [5.74, 6) is 0.165.